The van der Waals surface area contributed by atoms with E-state index in [0.717, 1.165) is 5.56 Å². The molecule has 0 unspecified atom stereocenters. The molecule has 0 amide bonds. The Kier molecular flexibility index (Phi) is 4.18. The van der Waals surface area contributed by atoms with Gasteiger partial charge in [-0.2, -0.15) is 0 Å². The van der Waals surface area contributed by atoms with Gasteiger partial charge < -0.3 is 13.6 Å². The highest BCUT2D eigenvalue weighted by Gasteiger charge is 2.21. The van der Waals surface area contributed by atoms with Gasteiger partial charge in [-0.25, -0.2) is 0 Å². The summed E-state index contributed by atoms with van der Waals surface area (Å²) in [6.07, 6.45) is 1.48. The number of furan rings is 1. The number of hydrogen-bond donors (Lipinski definition) is 0. The van der Waals surface area contributed by atoms with Gasteiger partial charge in [-0.05, 0) is 48.2 Å². The average Bonchev–Trinajstić information content (AvgIpc) is 3.34. The van der Waals surface area contributed by atoms with E-state index in [-0.39, 0.29) is 29.3 Å². The van der Waals surface area contributed by atoms with E-state index in [4.69, 9.17) is 13.6 Å². The van der Waals surface area contributed by atoms with Gasteiger partial charge in [0.2, 0.25) is 22.7 Å². The van der Waals surface area contributed by atoms with Crippen LogP contribution in [0.5, 0.6) is 5.75 Å². The van der Waals surface area contributed by atoms with Crippen LogP contribution in [0.3, 0.4) is 0 Å². The molecule has 5 nitrogen and oxygen atoms in total. The van der Waals surface area contributed by atoms with Gasteiger partial charge in [0.15, 0.2) is 12.4 Å². The number of Topliss-reactive ketones (excluding diaryl/α,β-unsaturated/α-hetero) is 1. The van der Waals surface area contributed by atoms with Crippen LogP contribution in [0.2, 0.25) is 0 Å². The van der Waals surface area contributed by atoms with Crippen LogP contribution >= 0.6 is 11.3 Å². The Morgan fingerprint density at radius 3 is 2.81 bits per heavy atom. The van der Waals surface area contributed by atoms with Gasteiger partial charge >= 0.3 is 0 Å². The molecule has 0 radical (unpaired) electrons. The molecule has 3 aromatic heterocycles. The van der Waals surface area contributed by atoms with Crippen LogP contribution in [0, 0.1) is 6.92 Å². The first-order chi connectivity index (χ1) is 12.6. The van der Waals surface area contributed by atoms with Crippen LogP contribution in [0.25, 0.3) is 22.5 Å². The van der Waals surface area contributed by atoms with Gasteiger partial charge in [-0.3, -0.25) is 9.59 Å². The van der Waals surface area contributed by atoms with E-state index in [0.29, 0.717) is 21.6 Å². The molecule has 6 heteroatoms. The number of benzene rings is 1. The van der Waals surface area contributed by atoms with E-state index in [1.54, 1.807) is 36.4 Å². The zero-order valence-electron chi connectivity index (χ0n) is 13.9. The third kappa shape index (κ3) is 2.95. The van der Waals surface area contributed by atoms with E-state index in [9.17, 15) is 9.59 Å². The van der Waals surface area contributed by atoms with Crippen LogP contribution in [-0.2, 0) is 0 Å². The lowest BCUT2D eigenvalue weighted by atomic mass is 10.1. The zero-order chi connectivity index (χ0) is 18.1. The Morgan fingerprint density at radius 2 is 2.08 bits per heavy atom. The summed E-state index contributed by atoms with van der Waals surface area (Å²) in [4.78, 5) is 25.7. The first-order valence-electron chi connectivity index (χ1n) is 7.94. The smallest absolute Gasteiger partial charge is 0.235 e. The molecule has 4 aromatic rings. The minimum absolute atomic E-state index is 0.0267. The Labute approximate surface area is 152 Å². The molecular weight excluding hydrogens is 352 g/mol. The van der Waals surface area contributed by atoms with E-state index in [2.05, 4.69) is 0 Å². The molecule has 0 fully saturated rings. The van der Waals surface area contributed by atoms with Crippen molar-refractivity contribution in [1.29, 1.82) is 0 Å². The Balaban J connectivity index is 1.80. The first-order valence-corrected chi connectivity index (χ1v) is 8.82. The summed E-state index contributed by atoms with van der Waals surface area (Å²) >= 11 is 1.33. The van der Waals surface area contributed by atoms with Crippen LogP contribution in [0.4, 0.5) is 0 Å². The molecule has 4 rings (SSSR count). The van der Waals surface area contributed by atoms with E-state index >= 15 is 0 Å². The van der Waals surface area contributed by atoms with Crippen molar-refractivity contribution in [2.75, 3.05) is 6.61 Å². The number of aryl methyl sites for hydroxylation is 1. The summed E-state index contributed by atoms with van der Waals surface area (Å²) in [6.45, 7) is 1.66. The number of ketones is 1. The lowest BCUT2D eigenvalue weighted by Gasteiger charge is -2.10. The fourth-order valence-electron chi connectivity index (χ4n) is 2.63. The molecule has 0 aliphatic heterocycles. The molecule has 0 bridgehead atoms. The summed E-state index contributed by atoms with van der Waals surface area (Å²) in [5.41, 5.74) is 1.07. The fraction of sp³-hybridized carbons (Fsp3) is 0.100. The number of thiophene rings is 1. The summed E-state index contributed by atoms with van der Waals surface area (Å²) in [5, 5.41) is 2.21. The predicted octanol–water partition coefficient (Wildman–Crippen LogP) is 4.68. The summed E-state index contributed by atoms with van der Waals surface area (Å²) < 4.78 is 16.9. The third-order valence-corrected chi connectivity index (χ3v) is 4.81. The lowest BCUT2D eigenvalue weighted by molar-refractivity contribution is 0.0924. The molecule has 0 aliphatic rings. The van der Waals surface area contributed by atoms with Crippen LogP contribution in [-0.4, -0.2) is 12.4 Å². The number of carbonyl (C=O) groups is 1. The quantitative estimate of drug-likeness (QED) is 0.480. The van der Waals surface area contributed by atoms with Crippen molar-refractivity contribution in [2.45, 2.75) is 6.92 Å². The van der Waals surface area contributed by atoms with E-state index in [1.165, 1.54) is 17.6 Å². The van der Waals surface area contributed by atoms with Crippen LogP contribution < -0.4 is 10.2 Å². The monoisotopic (exact) mass is 366 g/mol. The number of hydrogen-bond acceptors (Lipinski definition) is 6. The minimum atomic E-state index is -0.336. The molecule has 1 aromatic carbocycles. The summed E-state index contributed by atoms with van der Waals surface area (Å²) in [5.74, 6) is 0.316. The van der Waals surface area contributed by atoms with Crippen LogP contribution in [0.15, 0.2) is 67.7 Å². The molecule has 0 saturated carbocycles. The lowest BCUT2D eigenvalue weighted by Crippen LogP contribution is -2.16. The molecule has 130 valence electrons. The average molecular weight is 366 g/mol. The minimum Gasteiger partial charge on any atom is -0.478 e. The zero-order valence-corrected chi connectivity index (χ0v) is 14.7. The number of carbonyl (C=O) groups excluding carboxylic acids is 1. The highest BCUT2D eigenvalue weighted by atomic mass is 32.1. The number of fused-ring (bicyclic) bond motifs is 1. The Bertz CT molecular complexity index is 1120. The van der Waals surface area contributed by atoms with E-state index < -0.39 is 0 Å². The van der Waals surface area contributed by atoms with Crippen molar-refractivity contribution in [3.05, 3.63) is 74.8 Å². The van der Waals surface area contributed by atoms with Gasteiger partial charge in [-0.15, -0.1) is 11.3 Å². The van der Waals surface area contributed by atoms with Crippen LogP contribution in [0.1, 0.15) is 15.2 Å². The maximum absolute atomic E-state index is 12.9. The maximum Gasteiger partial charge on any atom is 0.235 e. The predicted molar refractivity (Wildman–Crippen MR) is 99.1 cm³/mol. The normalized spacial score (nSPS) is 11.0. The second-order valence-electron chi connectivity index (χ2n) is 5.76. The number of ether oxygens (including phenoxy) is 1. The molecule has 0 N–H and O–H groups in total. The van der Waals surface area contributed by atoms with Gasteiger partial charge in [0.25, 0.3) is 0 Å². The Morgan fingerprint density at radius 1 is 1.19 bits per heavy atom. The number of rotatable bonds is 5. The molecular formula is C20H14O5S. The van der Waals surface area contributed by atoms with Crippen molar-refractivity contribution in [1.82, 2.24) is 0 Å². The second-order valence-corrected chi connectivity index (χ2v) is 6.70. The van der Waals surface area contributed by atoms with Gasteiger partial charge in [0, 0.05) is 0 Å². The largest absolute Gasteiger partial charge is 0.478 e. The first kappa shape index (κ1) is 16.4. The fourth-order valence-corrected chi connectivity index (χ4v) is 3.28. The molecule has 0 saturated heterocycles. The highest BCUT2D eigenvalue weighted by Crippen LogP contribution is 2.31. The topological polar surface area (TPSA) is 69.7 Å². The third-order valence-electron chi connectivity index (χ3n) is 3.89. The van der Waals surface area contributed by atoms with Crippen molar-refractivity contribution in [3.8, 4) is 17.3 Å². The highest BCUT2D eigenvalue weighted by molar-refractivity contribution is 7.12. The SMILES string of the molecule is Cc1ccc2c(=O)c(OCC(=O)c3cccs3)c(-c3ccco3)oc2c1. The molecule has 0 aliphatic carbocycles. The maximum atomic E-state index is 12.9. The molecule has 3 heterocycles. The molecule has 0 spiro atoms. The van der Waals surface area contributed by atoms with Gasteiger partial charge in [-0.1, -0.05) is 12.1 Å². The van der Waals surface area contributed by atoms with Crippen molar-refractivity contribution in [3.63, 3.8) is 0 Å². The second kappa shape index (κ2) is 6.65. The Hall–Kier alpha value is -3.12. The molecule has 0 atom stereocenters. The van der Waals surface area contributed by atoms with E-state index in [1.807, 2.05) is 18.4 Å². The summed E-state index contributed by atoms with van der Waals surface area (Å²) in [6, 6.07) is 12.2. The summed E-state index contributed by atoms with van der Waals surface area (Å²) in [7, 11) is 0. The van der Waals surface area contributed by atoms with Gasteiger partial charge in [0.1, 0.15) is 5.58 Å². The standard InChI is InChI=1S/C20H14O5S/c1-12-6-7-13-16(10-12)25-19(15-4-2-8-23-15)20(18(13)22)24-11-14(21)17-5-3-9-26-17/h2-10H,11H2,1H3. The van der Waals surface area contributed by atoms with Crippen molar-refractivity contribution >= 4 is 28.1 Å². The van der Waals surface area contributed by atoms with Crippen molar-refractivity contribution in [2.24, 2.45) is 0 Å². The van der Waals surface area contributed by atoms with Crippen molar-refractivity contribution < 1.29 is 18.4 Å². The van der Waals surface area contributed by atoms with Gasteiger partial charge in [0.05, 0.1) is 16.5 Å². The molecule has 26 heavy (non-hydrogen) atoms.